The van der Waals surface area contributed by atoms with Gasteiger partial charge in [0.1, 0.15) is 17.3 Å². The normalized spacial score (nSPS) is 11.8. The highest BCUT2D eigenvalue weighted by molar-refractivity contribution is 7.49. The number of carbonyl (C=O) groups is 5. The SMILES string of the molecule is CCCC(CCC)C(=O)CCCCCOP(=O)(OCC)OCC.CCCC(CCC)C(=O)Cc1ccc(COP(=O)(OCC)OCC)cc1.CCCC(CCC)C(=O)Nc1ccc(CCOP(=O)(OCC)OCC)cc1.CCCC(CCC)C(=O)OCCCCOP(=O)(OCC)OCC.CCCC(CCC)C(=O)Oc1ccc(COP(=O)(OCC)OCC)cc1. The van der Waals surface area contributed by atoms with Gasteiger partial charge in [-0.1, -0.05) is 188 Å². The fraction of sp³-hybridized carbons (Fsp3) is 0.750. The van der Waals surface area contributed by atoms with Gasteiger partial charge in [-0.2, -0.15) is 0 Å². The van der Waals surface area contributed by atoms with Crippen LogP contribution in [0.15, 0.2) is 72.8 Å². The van der Waals surface area contributed by atoms with Crippen molar-refractivity contribution in [3.05, 3.63) is 95.1 Å². The Morgan fingerprint density at radius 1 is 0.280 bits per heavy atom. The second-order valence-corrected chi connectivity index (χ2v) is 37.8. The summed E-state index contributed by atoms with van der Waals surface area (Å²) in [7, 11) is -17.3. The van der Waals surface area contributed by atoms with Gasteiger partial charge in [0.05, 0.1) is 118 Å². The van der Waals surface area contributed by atoms with Crippen LogP contribution >= 0.6 is 39.1 Å². The number of carbonyl (C=O) groups excluding carboxylic acids is 5. The maximum atomic E-state index is 12.5. The predicted octanol–water partition coefficient (Wildman–Crippen LogP) is 27.1. The summed E-state index contributed by atoms with van der Waals surface area (Å²) in [6.07, 6.45) is 24.7. The number of amides is 1. The van der Waals surface area contributed by atoms with Crippen LogP contribution < -0.4 is 10.1 Å². The van der Waals surface area contributed by atoms with Crippen LogP contribution in [0.5, 0.6) is 5.75 Å². The molecule has 1 N–H and O–H groups in total. The summed E-state index contributed by atoms with van der Waals surface area (Å²) in [6.45, 7) is 42.4. The number of benzene rings is 3. The summed E-state index contributed by atoms with van der Waals surface area (Å²) in [5, 5.41) is 3.00. The van der Waals surface area contributed by atoms with E-state index < -0.39 is 39.1 Å². The fourth-order valence-corrected chi connectivity index (χ4v) is 18.8. The molecule has 3 aromatic carbocycles. The number of hydrogen-bond donors (Lipinski definition) is 1. The molecule has 0 fully saturated rings. The third kappa shape index (κ3) is 59.9. The van der Waals surface area contributed by atoms with Crippen LogP contribution in [0.1, 0.15) is 328 Å². The molecule has 0 saturated carbocycles. The summed E-state index contributed by atoms with van der Waals surface area (Å²) in [4.78, 5) is 61.3. The molecule has 0 aliphatic rings. The van der Waals surface area contributed by atoms with E-state index in [1.54, 1.807) is 93.5 Å². The van der Waals surface area contributed by atoms with Crippen molar-refractivity contribution in [3.8, 4) is 5.75 Å². The molecule has 0 unspecified atom stereocenters. The van der Waals surface area contributed by atoms with Gasteiger partial charge in [-0.25, -0.2) is 22.8 Å². The summed E-state index contributed by atoms with van der Waals surface area (Å²) in [6, 6.07) is 22.2. The molecular formula is C92H166NO27P5. The number of anilines is 1. The Hall–Kier alpha value is -4.04. The molecule has 125 heavy (non-hydrogen) atoms. The largest absolute Gasteiger partial charge is 0.475 e. The summed E-state index contributed by atoms with van der Waals surface area (Å²) in [5.74, 6) is 1.41. The molecule has 1 amide bonds. The van der Waals surface area contributed by atoms with E-state index in [0.29, 0.717) is 75.8 Å². The Balaban J connectivity index is 0. The van der Waals surface area contributed by atoms with Crippen molar-refractivity contribution < 1.29 is 124 Å². The molecule has 3 aromatic rings. The minimum absolute atomic E-state index is 0.0115. The van der Waals surface area contributed by atoms with E-state index in [1.165, 1.54) is 0 Å². The highest BCUT2D eigenvalue weighted by Gasteiger charge is 2.31. The number of unbranched alkanes of at least 4 members (excludes halogenated alkanes) is 3. The van der Waals surface area contributed by atoms with Crippen LogP contribution in [-0.4, -0.2) is 122 Å². The van der Waals surface area contributed by atoms with Gasteiger partial charge in [0.15, 0.2) is 0 Å². The van der Waals surface area contributed by atoms with Crippen molar-refractivity contribution >= 4 is 74.2 Å². The third-order valence-electron chi connectivity index (χ3n) is 18.7. The fourth-order valence-electron chi connectivity index (χ4n) is 12.9. The number of phosphoric ester groups is 5. The van der Waals surface area contributed by atoms with E-state index in [2.05, 4.69) is 74.6 Å². The zero-order valence-corrected chi connectivity index (χ0v) is 84.7. The second kappa shape index (κ2) is 77.5. The molecule has 0 aromatic heterocycles. The Morgan fingerprint density at radius 3 is 0.928 bits per heavy atom. The molecule has 28 nitrogen and oxygen atoms in total. The number of esters is 2. The van der Waals surface area contributed by atoms with Gasteiger partial charge in [-0.05, 0) is 212 Å². The number of hydrogen-bond acceptors (Lipinski definition) is 27. The van der Waals surface area contributed by atoms with Gasteiger partial charge in [-0.3, -0.25) is 91.8 Å². The lowest BCUT2D eigenvalue weighted by atomic mass is 9.90. The Morgan fingerprint density at radius 2 is 0.568 bits per heavy atom. The number of rotatable bonds is 72. The molecule has 0 heterocycles. The summed E-state index contributed by atoms with van der Waals surface area (Å²) in [5.41, 5.74) is 4.44. The van der Waals surface area contributed by atoms with Crippen LogP contribution in [0.4, 0.5) is 5.69 Å². The van der Waals surface area contributed by atoms with Crippen LogP contribution in [0.3, 0.4) is 0 Å². The van der Waals surface area contributed by atoms with Crippen molar-refractivity contribution in [1.29, 1.82) is 0 Å². The van der Waals surface area contributed by atoms with Gasteiger partial charge < -0.3 is 14.8 Å². The molecule has 726 valence electrons. The molecule has 3 rings (SSSR count). The monoisotopic (exact) mass is 1870 g/mol. The van der Waals surface area contributed by atoms with Gasteiger partial charge in [0, 0.05) is 36.3 Å². The number of Topliss-reactive ketones (excluding diaryl/α,β-unsaturated/α-hetero) is 2. The van der Waals surface area contributed by atoms with Gasteiger partial charge in [0.2, 0.25) is 5.91 Å². The van der Waals surface area contributed by atoms with E-state index in [9.17, 15) is 46.8 Å². The minimum Gasteiger partial charge on any atom is -0.465 e. The topological polar surface area (TPSA) is 340 Å². The Bertz CT molecular complexity index is 3200. The lowest BCUT2D eigenvalue weighted by molar-refractivity contribution is -0.149. The van der Waals surface area contributed by atoms with Crippen molar-refractivity contribution in [2.24, 2.45) is 29.6 Å². The minimum atomic E-state index is -3.53. The maximum Gasteiger partial charge on any atom is 0.475 e. The van der Waals surface area contributed by atoms with Gasteiger partial charge >= 0.3 is 51.1 Å². The summed E-state index contributed by atoms with van der Waals surface area (Å²) < 4.78 is 149. The van der Waals surface area contributed by atoms with E-state index in [4.69, 9.17) is 77.3 Å². The first-order valence-corrected chi connectivity index (χ1v) is 54.0. The summed E-state index contributed by atoms with van der Waals surface area (Å²) >= 11 is 0. The quantitative estimate of drug-likeness (QED) is 0.0237. The number of ether oxygens (including phenoxy) is 2. The van der Waals surface area contributed by atoms with Crippen LogP contribution in [0, 0.1) is 29.6 Å². The standard InChI is InChI=1S/C20H34NO5P.C20H33O5P.C19H31O6P.C17H35O5P.C16H33O6P/c1-5-9-18(10-6-2)20(22)21-19-13-11-17(12-14-19)15-16-26-27(23,24-7-3)25-8-4;1-5-9-19(10-6-2)20(21)15-17-11-13-18(14-12-17)16-25-26(22,23-7-3)24-8-4;1-5-9-17(10-6-2)19(20)25-18-13-11-16(12-14-18)15-24-26(21,22-7-3)23-8-4;1-5-12-16(13-6-2)17(18)14-10-9-11-15-22-23(19,20-7-3)21-8-4;1-5-11-15(12-6-2)16(17)19-13-9-10-14-22-23(18,20-7-3)21-8-4/h11-14,18H,5-10,15-16H2,1-4H3,(H,21,22);11-14,19H,5-10,15-16H2,1-4H3;11-14,17H,5-10,15H2,1-4H3;16H,5-15H2,1-4H3;15H,5-14H2,1-4H3. The molecule has 0 aliphatic heterocycles. The molecule has 0 radical (unpaired) electrons. The molecule has 33 heteroatoms. The Labute approximate surface area is 754 Å². The molecule has 0 bridgehead atoms. The van der Waals surface area contributed by atoms with E-state index >= 15 is 0 Å². The van der Waals surface area contributed by atoms with E-state index in [0.717, 1.165) is 176 Å². The average molecular weight is 1870 g/mol. The first-order chi connectivity index (χ1) is 60.0. The lowest BCUT2D eigenvalue weighted by Crippen LogP contribution is -2.22. The zero-order valence-electron chi connectivity index (χ0n) is 80.2. The molecule has 0 spiro atoms. The molecule has 0 aliphatic carbocycles. The first kappa shape index (κ1) is 123. The van der Waals surface area contributed by atoms with Crippen LogP contribution in [0.2, 0.25) is 0 Å². The van der Waals surface area contributed by atoms with Gasteiger partial charge in [-0.15, -0.1) is 0 Å². The van der Waals surface area contributed by atoms with Crippen LogP contribution in [-0.2, 0) is 145 Å². The second-order valence-electron chi connectivity index (χ2n) is 29.4. The lowest BCUT2D eigenvalue weighted by Gasteiger charge is -2.16. The van der Waals surface area contributed by atoms with Gasteiger partial charge in [0.25, 0.3) is 0 Å². The van der Waals surface area contributed by atoms with Crippen LogP contribution in [0.25, 0.3) is 0 Å². The number of ketones is 2. The molecular weight excluding hydrogens is 1710 g/mol. The smallest absolute Gasteiger partial charge is 0.465 e. The van der Waals surface area contributed by atoms with Crippen molar-refractivity contribution in [2.75, 3.05) is 97.8 Å². The predicted molar refractivity (Wildman–Crippen MR) is 498 cm³/mol. The highest BCUT2D eigenvalue weighted by atomic mass is 31.2. The van der Waals surface area contributed by atoms with Crippen molar-refractivity contribution in [2.45, 2.75) is 331 Å². The average Bonchev–Trinajstić information content (AvgIpc) is 0.866. The number of nitrogens with one attached hydrogen (secondary N) is 1. The van der Waals surface area contributed by atoms with E-state index in [1.807, 2.05) is 48.5 Å². The van der Waals surface area contributed by atoms with Crippen molar-refractivity contribution in [3.63, 3.8) is 0 Å². The molecule has 0 atom stereocenters. The highest BCUT2D eigenvalue weighted by Crippen LogP contribution is 2.53. The van der Waals surface area contributed by atoms with E-state index in [-0.39, 0.29) is 127 Å². The third-order valence-corrected chi connectivity index (χ3v) is 26.9. The van der Waals surface area contributed by atoms with Crippen molar-refractivity contribution in [1.82, 2.24) is 0 Å². The Kier molecular flexibility index (Phi) is 76.3. The zero-order chi connectivity index (χ0) is 94.1. The first-order valence-electron chi connectivity index (χ1n) is 46.7. The molecule has 0 saturated heterocycles. The number of phosphoric acid groups is 5. The maximum absolute atomic E-state index is 12.5.